The van der Waals surface area contributed by atoms with Crippen LogP contribution in [-0.2, 0) is 4.79 Å². The van der Waals surface area contributed by atoms with Crippen LogP contribution in [-0.4, -0.2) is 26.9 Å². The highest BCUT2D eigenvalue weighted by molar-refractivity contribution is 5.84. The van der Waals surface area contributed by atoms with Gasteiger partial charge in [-0.05, 0) is 44.4 Å². The molecular formula is C21H23N3O. The van der Waals surface area contributed by atoms with Gasteiger partial charge < -0.3 is 9.47 Å². The first kappa shape index (κ1) is 15.9. The molecule has 0 saturated carbocycles. The number of carbonyl (C=O) groups is 1. The highest BCUT2D eigenvalue weighted by Gasteiger charge is 2.33. The van der Waals surface area contributed by atoms with Crippen molar-refractivity contribution in [1.82, 2.24) is 14.5 Å². The summed E-state index contributed by atoms with van der Waals surface area (Å²) in [5.74, 6) is 0.172. The molecule has 2 heterocycles. The highest BCUT2D eigenvalue weighted by atomic mass is 16.2. The third-order valence-corrected chi connectivity index (χ3v) is 5.25. The van der Waals surface area contributed by atoms with Gasteiger partial charge in [-0.2, -0.15) is 0 Å². The maximum atomic E-state index is 13.2. The fraction of sp³-hybridized carbons (Fsp3) is 0.333. The van der Waals surface area contributed by atoms with E-state index in [0.717, 1.165) is 30.4 Å². The summed E-state index contributed by atoms with van der Waals surface area (Å²) >= 11 is 0. The molecule has 1 fully saturated rings. The fourth-order valence-electron chi connectivity index (χ4n) is 3.81. The van der Waals surface area contributed by atoms with Crippen molar-refractivity contribution in [3.05, 3.63) is 66.0 Å². The number of aryl methyl sites for hydroxylation is 1. The standard InChI is InChI=1S/C21H23N3O/c1-15-9-11-17(12-10-15)19-8-5-13-23(19)21(25)16(2)24-14-22-18-6-3-4-7-20(18)24/h3-4,6-7,9-12,14,16,19H,5,8,13H2,1-2H3/t16-,19-/m0/s1. The highest BCUT2D eigenvalue weighted by Crippen LogP contribution is 2.34. The van der Waals surface area contributed by atoms with E-state index in [-0.39, 0.29) is 18.0 Å². The lowest BCUT2D eigenvalue weighted by molar-refractivity contribution is -0.135. The molecule has 1 aliphatic rings. The van der Waals surface area contributed by atoms with Crippen LogP contribution < -0.4 is 0 Å². The van der Waals surface area contributed by atoms with Crippen LogP contribution in [0.5, 0.6) is 0 Å². The van der Waals surface area contributed by atoms with E-state index in [0.29, 0.717) is 0 Å². The van der Waals surface area contributed by atoms with Crippen LogP contribution in [0.15, 0.2) is 54.9 Å². The lowest BCUT2D eigenvalue weighted by Gasteiger charge is -2.28. The number of likely N-dealkylation sites (tertiary alicyclic amines) is 1. The molecule has 1 saturated heterocycles. The quantitative estimate of drug-likeness (QED) is 0.718. The first-order valence-corrected chi connectivity index (χ1v) is 8.94. The van der Waals surface area contributed by atoms with Crippen LogP contribution in [0.3, 0.4) is 0 Å². The van der Waals surface area contributed by atoms with Crippen LogP contribution in [0.4, 0.5) is 0 Å². The Morgan fingerprint density at radius 3 is 2.72 bits per heavy atom. The molecule has 4 heteroatoms. The molecule has 0 radical (unpaired) electrons. The Morgan fingerprint density at radius 1 is 1.16 bits per heavy atom. The predicted octanol–water partition coefficient (Wildman–Crippen LogP) is 4.27. The van der Waals surface area contributed by atoms with E-state index in [1.807, 2.05) is 40.7 Å². The largest absolute Gasteiger partial charge is 0.334 e. The molecule has 0 aliphatic carbocycles. The van der Waals surface area contributed by atoms with E-state index >= 15 is 0 Å². The number of fused-ring (bicyclic) bond motifs is 1. The summed E-state index contributed by atoms with van der Waals surface area (Å²) in [5, 5.41) is 0. The molecular weight excluding hydrogens is 310 g/mol. The van der Waals surface area contributed by atoms with Gasteiger partial charge in [0.1, 0.15) is 6.04 Å². The predicted molar refractivity (Wildman–Crippen MR) is 99.3 cm³/mol. The molecule has 0 spiro atoms. The molecule has 0 bridgehead atoms. The molecule has 2 aromatic carbocycles. The zero-order valence-electron chi connectivity index (χ0n) is 14.7. The molecule has 1 aliphatic heterocycles. The second kappa shape index (κ2) is 6.36. The third kappa shape index (κ3) is 2.82. The summed E-state index contributed by atoms with van der Waals surface area (Å²) < 4.78 is 1.99. The fourth-order valence-corrected chi connectivity index (χ4v) is 3.81. The van der Waals surface area contributed by atoms with Crippen molar-refractivity contribution in [2.45, 2.75) is 38.8 Å². The van der Waals surface area contributed by atoms with E-state index in [1.54, 1.807) is 6.33 Å². The monoisotopic (exact) mass is 333 g/mol. The number of nitrogens with zero attached hydrogens (tertiary/aromatic N) is 3. The van der Waals surface area contributed by atoms with Crippen molar-refractivity contribution in [1.29, 1.82) is 0 Å². The maximum absolute atomic E-state index is 13.2. The van der Waals surface area contributed by atoms with Crippen LogP contribution in [0, 0.1) is 6.92 Å². The van der Waals surface area contributed by atoms with Gasteiger partial charge >= 0.3 is 0 Å². The molecule has 4 rings (SSSR count). The lowest BCUT2D eigenvalue weighted by atomic mass is 10.0. The molecule has 1 aromatic heterocycles. The van der Waals surface area contributed by atoms with Gasteiger partial charge in [-0.1, -0.05) is 42.0 Å². The molecule has 128 valence electrons. The van der Waals surface area contributed by atoms with Gasteiger partial charge in [-0.25, -0.2) is 4.98 Å². The van der Waals surface area contributed by atoms with Crippen molar-refractivity contribution in [2.75, 3.05) is 6.54 Å². The molecule has 2 atom stereocenters. The van der Waals surface area contributed by atoms with Crippen LogP contribution in [0.25, 0.3) is 11.0 Å². The number of hydrogen-bond acceptors (Lipinski definition) is 2. The molecule has 1 amide bonds. The number of amides is 1. The number of hydrogen-bond donors (Lipinski definition) is 0. The van der Waals surface area contributed by atoms with Crippen LogP contribution in [0.1, 0.15) is 43.0 Å². The number of para-hydroxylation sites is 2. The lowest BCUT2D eigenvalue weighted by Crippen LogP contribution is -2.35. The van der Waals surface area contributed by atoms with Crippen LogP contribution in [0.2, 0.25) is 0 Å². The first-order chi connectivity index (χ1) is 12.1. The van der Waals surface area contributed by atoms with Crippen molar-refractivity contribution in [2.24, 2.45) is 0 Å². The van der Waals surface area contributed by atoms with E-state index in [4.69, 9.17) is 0 Å². The van der Waals surface area contributed by atoms with E-state index in [1.165, 1.54) is 11.1 Å². The van der Waals surface area contributed by atoms with E-state index in [9.17, 15) is 4.79 Å². The summed E-state index contributed by atoms with van der Waals surface area (Å²) in [6.07, 6.45) is 3.87. The van der Waals surface area contributed by atoms with Crippen molar-refractivity contribution in [3.8, 4) is 0 Å². The Balaban J connectivity index is 1.61. The molecule has 0 unspecified atom stereocenters. The zero-order valence-corrected chi connectivity index (χ0v) is 14.7. The van der Waals surface area contributed by atoms with Gasteiger partial charge in [0.05, 0.1) is 23.4 Å². The molecule has 4 nitrogen and oxygen atoms in total. The summed E-state index contributed by atoms with van der Waals surface area (Å²) in [4.78, 5) is 19.7. The SMILES string of the molecule is Cc1ccc([C@@H]2CCCN2C(=O)[C@H](C)n2cnc3ccccc32)cc1. The Morgan fingerprint density at radius 2 is 1.92 bits per heavy atom. The topological polar surface area (TPSA) is 38.1 Å². The van der Waals surface area contributed by atoms with Gasteiger partial charge in [-0.15, -0.1) is 0 Å². The zero-order chi connectivity index (χ0) is 17.4. The minimum Gasteiger partial charge on any atom is -0.334 e. The minimum atomic E-state index is -0.251. The summed E-state index contributed by atoms with van der Waals surface area (Å²) in [5.41, 5.74) is 4.42. The number of rotatable bonds is 3. The summed E-state index contributed by atoms with van der Waals surface area (Å²) in [6, 6.07) is 16.5. The smallest absolute Gasteiger partial charge is 0.245 e. The molecule has 0 N–H and O–H groups in total. The molecule has 3 aromatic rings. The van der Waals surface area contributed by atoms with Gasteiger partial charge in [0.15, 0.2) is 0 Å². The van der Waals surface area contributed by atoms with Crippen molar-refractivity contribution in [3.63, 3.8) is 0 Å². The molecule has 25 heavy (non-hydrogen) atoms. The summed E-state index contributed by atoms with van der Waals surface area (Å²) in [6.45, 7) is 4.89. The average Bonchev–Trinajstić information content (AvgIpc) is 3.28. The second-order valence-electron chi connectivity index (χ2n) is 6.92. The average molecular weight is 333 g/mol. The van der Waals surface area contributed by atoms with Gasteiger partial charge in [0.25, 0.3) is 0 Å². The second-order valence-corrected chi connectivity index (χ2v) is 6.92. The normalized spacial score (nSPS) is 18.6. The van der Waals surface area contributed by atoms with Crippen molar-refractivity contribution >= 4 is 16.9 Å². The number of aromatic nitrogens is 2. The van der Waals surface area contributed by atoms with Gasteiger partial charge in [0, 0.05) is 6.54 Å². The maximum Gasteiger partial charge on any atom is 0.245 e. The Bertz CT molecular complexity index is 897. The van der Waals surface area contributed by atoms with Crippen LogP contribution >= 0.6 is 0 Å². The number of imidazole rings is 1. The Labute approximate surface area is 148 Å². The first-order valence-electron chi connectivity index (χ1n) is 8.94. The minimum absolute atomic E-state index is 0.172. The number of benzene rings is 2. The Kier molecular flexibility index (Phi) is 4.04. The van der Waals surface area contributed by atoms with Crippen molar-refractivity contribution < 1.29 is 4.79 Å². The van der Waals surface area contributed by atoms with E-state index in [2.05, 4.69) is 36.2 Å². The number of carbonyl (C=O) groups excluding carboxylic acids is 1. The summed E-state index contributed by atoms with van der Waals surface area (Å²) in [7, 11) is 0. The Hall–Kier alpha value is -2.62. The van der Waals surface area contributed by atoms with Gasteiger partial charge in [-0.3, -0.25) is 4.79 Å². The van der Waals surface area contributed by atoms with Gasteiger partial charge in [0.2, 0.25) is 5.91 Å². The van der Waals surface area contributed by atoms with E-state index < -0.39 is 0 Å². The third-order valence-electron chi connectivity index (χ3n) is 5.25.